The molecular formula is C30H32O6. The van der Waals surface area contributed by atoms with Crippen molar-refractivity contribution in [1.29, 1.82) is 0 Å². The molecule has 6 heteroatoms. The van der Waals surface area contributed by atoms with Crippen LogP contribution in [0, 0.1) is 0 Å². The van der Waals surface area contributed by atoms with E-state index >= 15 is 0 Å². The summed E-state index contributed by atoms with van der Waals surface area (Å²) in [6, 6.07) is 24.1. The Labute approximate surface area is 212 Å². The number of rotatable bonds is 9. The fraction of sp³-hybridized carbons (Fsp3) is 0.367. The van der Waals surface area contributed by atoms with Crippen molar-refractivity contribution in [2.75, 3.05) is 14.2 Å². The van der Waals surface area contributed by atoms with E-state index in [1.807, 2.05) is 67.6 Å². The number of carbonyl (C=O) groups excluding carboxylic acids is 1. The molecule has 3 aromatic rings. The molecule has 0 radical (unpaired) electrons. The van der Waals surface area contributed by atoms with Crippen LogP contribution in [0.3, 0.4) is 0 Å². The number of carbonyl (C=O) groups is 1. The van der Waals surface area contributed by atoms with Crippen LogP contribution in [0.2, 0.25) is 0 Å². The smallest absolute Gasteiger partial charge is 0.200 e. The molecule has 0 amide bonds. The van der Waals surface area contributed by atoms with Gasteiger partial charge >= 0.3 is 0 Å². The van der Waals surface area contributed by atoms with Gasteiger partial charge in [0.1, 0.15) is 18.0 Å². The van der Waals surface area contributed by atoms with Gasteiger partial charge in [0.25, 0.3) is 0 Å². The van der Waals surface area contributed by atoms with E-state index in [1.54, 1.807) is 14.2 Å². The molecule has 1 aliphatic carbocycles. The molecule has 2 aliphatic rings. The Morgan fingerprint density at radius 3 is 2.06 bits per heavy atom. The third kappa shape index (κ3) is 4.82. The molecule has 1 unspecified atom stereocenters. The highest BCUT2D eigenvalue weighted by Gasteiger charge is 2.44. The largest absolute Gasteiger partial charge is 0.496 e. The van der Waals surface area contributed by atoms with Crippen LogP contribution in [0.25, 0.3) is 0 Å². The topological polar surface area (TPSA) is 63.2 Å². The molecule has 1 heterocycles. The van der Waals surface area contributed by atoms with E-state index in [0.29, 0.717) is 30.9 Å². The van der Waals surface area contributed by atoms with Crippen molar-refractivity contribution < 1.29 is 28.5 Å². The molecular weight excluding hydrogens is 456 g/mol. The van der Waals surface area contributed by atoms with Crippen LogP contribution in [0.15, 0.2) is 72.8 Å². The van der Waals surface area contributed by atoms with Gasteiger partial charge in [-0.25, -0.2) is 0 Å². The predicted molar refractivity (Wildman–Crippen MR) is 135 cm³/mol. The molecule has 0 bridgehead atoms. The van der Waals surface area contributed by atoms with Crippen LogP contribution in [0.1, 0.15) is 58.2 Å². The van der Waals surface area contributed by atoms with Gasteiger partial charge in [-0.05, 0) is 18.1 Å². The van der Waals surface area contributed by atoms with Crippen LogP contribution >= 0.6 is 0 Å². The number of Topliss-reactive ketones (excluding diaryl/α,β-unsaturated/α-hetero) is 1. The minimum Gasteiger partial charge on any atom is -0.496 e. The second kappa shape index (κ2) is 10.9. The number of methoxy groups -OCH3 is 2. The Hall–Kier alpha value is -3.03. The summed E-state index contributed by atoms with van der Waals surface area (Å²) in [6.45, 7) is 2.97. The van der Waals surface area contributed by atoms with Crippen molar-refractivity contribution in [2.24, 2.45) is 0 Å². The first-order chi connectivity index (χ1) is 17.6. The van der Waals surface area contributed by atoms with E-state index in [-0.39, 0.29) is 30.2 Å². The zero-order chi connectivity index (χ0) is 25.1. The lowest BCUT2D eigenvalue weighted by Crippen LogP contribution is -2.47. The molecule has 0 aromatic heterocycles. The normalized spacial score (nSPS) is 25.2. The molecule has 0 saturated carbocycles. The fourth-order valence-electron chi connectivity index (χ4n) is 5.18. The van der Waals surface area contributed by atoms with Crippen molar-refractivity contribution >= 4 is 5.78 Å². The summed E-state index contributed by atoms with van der Waals surface area (Å²) < 4.78 is 30.4. The van der Waals surface area contributed by atoms with Gasteiger partial charge in [0, 0.05) is 24.7 Å². The molecule has 3 aromatic carbocycles. The van der Waals surface area contributed by atoms with Gasteiger partial charge < -0.3 is 23.7 Å². The van der Waals surface area contributed by atoms with E-state index in [2.05, 4.69) is 12.1 Å². The van der Waals surface area contributed by atoms with E-state index in [4.69, 9.17) is 23.7 Å². The van der Waals surface area contributed by atoms with Gasteiger partial charge in [0.2, 0.25) is 0 Å². The minimum absolute atomic E-state index is 0.0593. The molecule has 36 heavy (non-hydrogen) atoms. The van der Waals surface area contributed by atoms with E-state index in [0.717, 1.165) is 22.3 Å². The lowest BCUT2D eigenvalue weighted by molar-refractivity contribution is -0.204. The van der Waals surface area contributed by atoms with Crippen molar-refractivity contribution in [1.82, 2.24) is 0 Å². The Kier molecular flexibility index (Phi) is 7.48. The summed E-state index contributed by atoms with van der Waals surface area (Å²) in [6.07, 6.45) is -0.929. The highest BCUT2D eigenvalue weighted by Crippen LogP contribution is 2.47. The quantitative estimate of drug-likeness (QED) is 0.391. The van der Waals surface area contributed by atoms with Crippen LogP contribution < -0.4 is 4.74 Å². The van der Waals surface area contributed by atoms with Crippen molar-refractivity contribution in [3.8, 4) is 5.75 Å². The number of ether oxygens (including phenoxy) is 5. The summed E-state index contributed by atoms with van der Waals surface area (Å²) in [5, 5.41) is 0. The monoisotopic (exact) mass is 488 g/mol. The number of hydrogen-bond acceptors (Lipinski definition) is 6. The van der Waals surface area contributed by atoms with Crippen LogP contribution in [-0.2, 0) is 32.2 Å². The Balaban J connectivity index is 1.39. The summed E-state index contributed by atoms with van der Waals surface area (Å²) >= 11 is 0. The van der Waals surface area contributed by atoms with Gasteiger partial charge in [-0.2, -0.15) is 0 Å². The maximum atomic E-state index is 12.7. The third-order valence-corrected chi connectivity index (χ3v) is 7.02. The van der Waals surface area contributed by atoms with Crippen LogP contribution in [-0.4, -0.2) is 38.3 Å². The first kappa shape index (κ1) is 24.7. The zero-order valence-electron chi connectivity index (χ0n) is 20.9. The van der Waals surface area contributed by atoms with Gasteiger partial charge in [0.05, 0.1) is 44.2 Å². The molecule has 1 aliphatic heterocycles. The van der Waals surface area contributed by atoms with Gasteiger partial charge in [0.15, 0.2) is 5.78 Å². The standard InChI is InChI=1S/C30H32O6/c1-19-28(35-18-21-12-8-5-9-13-21)25(34-17-20-10-6-4-7-11-20)16-24(36-19)22-14-15-23-26(29(22)32-2)27(31)30(23)33-3/h4-15,19,24-25,28,30H,16-18H2,1-3H3/t19-,24-,25-,28-,30?/m1/s1. The van der Waals surface area contributed by atoms with E-state index in [9.17, 15) is 4.79 Å². The van der Waals surface area contributed by atoms with Crippen molar-refractivity contribution in [3.63, 3.8) is 0 Å². The first-order valence-electron chi connectivity index (χ1n) is 12.3. The average molecular weight is 489 g/mol. The second-order valence-corrected chi connectivity index (χ2v) is 9.29. The van der Waals surface area contributed by atoms with Crippen molar-refractivity contribution in [2.45, 2.75) is 57.1 Å². The maximum absolute atomic E-state index is 12.7. The Morgan fingerprint density at radius 1 is 0.833 bits per heavy atom. The zero-order valence-corrected chi connectivity index (χ0v) is 20.9. The highest BCUT2D eigenvalue weighted by atomic mass is 16.6. The number of fused-ring (bicyclic) bond motifs is 1. The SMILES string of the molecule is COc1c([C@H]2C[C@@H](OCc3ccccc3)[C@H](OCc3ccccc3)[C@@H](C)O2)ccc2c1C(=O)C2OC. The summed E-state index contributed by atoms with van der Waals surface area (Å²) in [5.74, 6) is 0.504. The summed E-state index contributed by atoms with van der Waals surface area (Å²) in [5.41, 5.74) is 4.49. The minimum atomic E-state index is -0.521. The number of benzene rings is 3. The molecule has 0 N–H and O–H groups in total. The Bertz CT molecular complexity index is 1180. The predicted octanol–water partition coefficient (Wildman–Crippen LogP) is 5.60. The molecule has 5 atom stereocenters. The molecule has 6 nitrogen and oxygen atoms in total. The molecule has 5 rings (SSSR count). The van der Waals surface area contributed by atoms with Crippen LogP contribution in [0.4, 0.5) is 0 Å². The average Bonchev–Trinajstić information content (AvgIpc) is 2.91. The lowest BCUT2D eigenvalue weighted by Gasteiger charge is -2.41. The molecule has 0 spiro atoms. The van der Waals surface area contributed by atoms with Gasteiger partial charge in [-0.1, -0.05) is 72.8 Å². The summed E-state index contributed by atoms with van der Waals surface area (Å²) in [7, 11) is 3.13. The van der Waals surface area contributed by atoms with E-state index < -0.39 is 6.10 Å². The number of ketones is 1. The molecule has 1 fully saturated rings. The maximum Gasteiger partial charge on any atom is 0.200 e. The Morgan fingerprint density at radius 2 is 1.44 bits per heavy atom. The molecule has 1 saturated heterocycles. The second-order valence-electron chi connectivity index (χ2n) is 9.29. The summed E-state index contributed by atoms with van der Waals surface area (Å²) in [4.78, 5) is 12.7. The highest BCUT2D eigenvalue weighted by molar-refractivity contribution is 6.12. The fourth-order valence-corrected chi connectivity index (χ4v) is 5.18. The third-order valence-electron chi connectivity index (χ3n) is 7.02. The van der Waals surface area contributed by atoms with E-state index in [1.165, 1.54) is 0 Å². The molecule has 188 valence electrons. The van der Waals surface area contributed by atoms with Crippen LogP contribution in [0.5, 0.6) is 5.75 Å². The van der Waals surface area contributed by atoms with Gasteiger partial charge in [-0.15, -0.1) is 0 Å². The van der Waals surface area contributed by atoms with Gasteiger partial charge in [-0.3, -0.25) is 4.79 Å². The lowest BCUT2D eigenvalue weighted by atomic mass is 9.80. The number of hydrogen-bond donors (Lipinski definition) is 0. The van der Waals surface area contributed by atoms with Crippen molar-refractivity contribution in [3.05, 3.63) is 101 Å². The first-order valence-corrected chi connectivity index (χ1v) is 12.3.